The summed E-state index contributed by atoms with van der Waals surface area (Å²) in [6.07, 6.45) is 1.66. The summed E-state index contributed by atoms with van der Waals surface area (Å²) in [7, 11) is 1.97. The summed E-state index contributed by atoms with van der Waals surface area (Å²) in [6.45, 7) is 8.40. The van der Waals surface area contributed by atoms with Crippen LogP contribution >= 0.6 is 0 Å². The summed E-state index contributed by atoms with van der Waals surface area (Å²) in [5.74, 6) is 1.21. The molecule has 6 nitrogen and oxygen atoms in total. The molecule has 140 valence electrons. The monoisotopic (exact) mass is 362 g/mol. The molecule has 0 atom stereocenters. The van der Waals surface area contributed by atoms with Gasteiger partial charge in [0.1, 0.15) is 0 Å². The molecule has 1 aromatic heterocycles. The highest BCUT2D eigenvalue weighted by Gasteiger charge is 2.10. The van der Waals surface area contributed by atoms with Gasteiger partial charge in [0.2, 0.25) is 5.95 Å². The van der Waals surface area contributed by atoms with Crippen LogP contribution in [-0.4, -0.2) is 35.3 Å². The van der Waals surface area contributed by atoms with Gasteiger partial charge in [-0.15, -0.1) is 5.10 Å². The predicted octanol–water partition coefficient (Wildman–Crippen LogP) is 4.54. The molecule has 3 rings (SSSR count). The van der Waals surface area contributed by atoms with Gasteiger partial charge in [-0.1, -0.05) is 18.2 Å². The average Bonchev–Trinajstić information content (AvgIpc) is 2.71. The standard InChI is InChI=1S/C21H26N6/c1-5-27(6-2)18-12-13-19(16(3)14-18)23-21-24-20(15-22-25-21)26(4)17-10-8-7-9-11-17/h7-15H,5-6H2,1-4H3,(H,23,24,25). The molecule has 0 saturated carbocycles. The third kappa shape index (κ3) is 4.34. The lowest BCUT2D eigenvalue weighted by atomic mass is 10.1. The number of rotatable bonds is 7. The van der Waals surface area contributed by atoms with Gasteiger partial charge in [-0.3, -0.25) is 0 Å². The topological polar surface area (TPSA) is 57.2 Å². The molecule has 0 spiro atoms. The first-order chi connectivity index (χ1) is 13.1. The Bertz CT molecular complexity index is 877. The fourth-order valence-electron chi connectivity index (χ4n) is 2.99. The van der Waals surface area contributed by atoms with E-state index in [1.807, 2.05) is 42.3 Å². The van der Waals surface area contributed by atoms with E-state index >= 15 is 0 Å². The molecule has 0 unspecified atom stereocenters. The summed E-state index contributed by atoms with van der Waals surface area (Å²) in [5.41, 5.74) is 4.39. The summed E-state index contributed by atoms with van der Waals surface area (Å²) in [4.78, 5) is 8.91. The van der Waals surface area contributed by atoms with E-state index in [-0.39, 0.29) is 0 Å². The summed E-state index contributed by atoms with van der Waals surface area (Å²) >= 11 is 0. The number of nitrogens with one attached hydrogen (secondary N) is 1. The lowest BCUT2D eigenvalue weighted by molar-refractivity contribution is 0.865. The maximum Gasteiger partial charge on any atom is 0.249 e. The van der Waals surface area contributed by atoms with Crippen LogP contribution in [0.5, 0.6) is 0 Å². The van der Waals surface area contributed by atoms with Crippen LogP contribution in [0.25, 0.3) is 0 Å². The molecule has 0 amide bonds. The van der Waals surface area contributed by atoms with E-state index in [1.54, 1.807) is 6.20 Å². The van der Waals surface area contributed by atoms with Gasteiger partial charge >= 0.3 is 0 Å². The summed E-state index contributed by atoms with van der Waals surface area (Å²) in [6, 6.07) is 16.4. The van der Waals surface area contributed by atoms with E-state index in [0.29, 0.717) is 5.95 Å². The maximum absolute atomic E-state index is 4.61. The molecule has 0 radical (unpaired) electrons. The molecule has 1 N–H and O–H groups in total. The number of anilines is 5. The Morgan fingerprint density at radius 3 is 2.37 bits per heavy atom. The van der Waals surface area contributed by atoms with Crippen LogP contribution in [0.1, 0.15) is 19.4 Å². The molecule has 0 aliphatic carbocycles. The fourth-order valence-corrected chi connectivity index (χ4v) is 2.99. The third-order valence-corrected chi connectivity index (χ3v) is 4.62. The largest absolute Gasteiger partial charge is 0.372 e. The summed E-state index contributed by atoms with van der Waals surface area (Å²) < 4.78 is 0. The van der Waals surface area contributed by atoms with Crippen molar-refractivity contribution in [1.82, 2.24) is 15.2 Å². The van der Waals surface area contributed by atoms with Crippen molar-refractivity contribution in [3.8, 4) is 0 Å². The average molecular weight is 362 g/mol. The minimum atomic E-state index is 0.481. The molecule has 0 bridgehead atoms. The Labute approximate surface area is 160 Å². The number of benzene rings is 2. The minimum Gasteiger partial charge on any atom is -0.372 e. The lowest BCUT2D eigenvalue weighted by Crippen LogP contribution is -2.21. The molecular formula is C21H26N6. The zero-order valence-corrected chi connectivity index (χ0v) is 16.3. The first-order valence-electron chi connectivity index (χ1n) is 9.23. The number of para-hydroxylation sites is 1. The van der Waals surface area contributed by atoms with Gasteiger partial charge in [0, 0.05) is 37.2 Å². The summed E-state index contributed by atoms with van der Waals surface area (Å²) in [5, 5.41) is 11.5. The Morgan fingerprint density at radius 2 is 1.70 bits per heavy atom. The van der Waals surface area contributed by atoms with Gasteiger partial charge in [0.15, 0.2) is 5.82 Å². The van der Waals surface area contributed by atoms with Crippen molar-refractivity contribution in [1.29, 1.82) is 0 Å². The van der Waals surface area contributed by atoms with Crippen molar-refractivity contribution < 1.29 is 0 Å². The van der Waals surface area contributed by atoms with Gasteiger partial charge in [-0.2, -0.15) is 10.1 Å². The number of hydrogen-bond donors (Lipinski definition) is 1. The first-order valence-corrected chi connectivity index (χ1v) is 9.23. The fraction of sp³-hybridized carbons (Fsp3) is 0.286. The molecule has 0 aliphatic heterocycles. The van der Waals surface area contributed by atoms with Crippen LogP contribution in [0.3, 0.4) is 0 Å². The SMILES string of the molecule is CCN(CC)c1ccc(Nc2nncc(N(C)c3ccccc3)n2)c(C)c1. The number of aromatic nitrogens is 3. The maximum atomic E-state index is 4.61. The molecule has 6 heteroatoms. The second-order valence-corrected chi connectivity index (χ2v) is 6.33. The Balaban J connectivity index is 1.80. The highest BCUT2D eigenvalue weighted by atomic mass is 15.3. The number of hydrogen-bond acceptors (Lipinski definition) is 6. The normalized spacial score (nSPS) is 10.5. The smallest absolute Gasteiger partial charge is 0.249 e. The van der Waals surface area contributed by atoms with Crippen LogP contribution in [-0.2, 0) is 0 Å². The lowest BCUT2D eigenvalue weighted by Gasteiger charge is -2.22. The van der Waals surface area contributed by atoms with Gasteiger partial charge in [0.05, 0.1) is 6.20 Å². The van der Waals surface area contributed by atoms with Crippen LogP contribution in [0.15, 0.2) is 54.7 Å². The van der Waals surface area contributed by atoms with E-state index in [0.717, 1.165) is 35.8 Å². The Morgan fingerprint density at radius 1 is 0.963 bits per heavy atom. The van der Waals surface area contributed by atoms with Crippen molar-refractivity contribution in [3.05, 3.63) is 60.3 Å². The molecule has 0 fully saturated rings. The zero-order chi connectivity index (χ0) is 19.2. The molecule has 3 aromatic rings. The van der Waals surface area contributed by atoms with Crippen molar-refractivity contribution >= 4 is 28.8 Å². The highest BCUT2D eigenvalue weighted by Crippen LogP contribution is 2.26. The van der Waals surface area contributed by atoms with Gasteiger partial charge in [-0.05, 0) is 56.7 Å². The van der Waals surface area contributed by atoms with Crippen LogP contribution < -0.4 is 15.1 Å². The van der Waals surface area contributed by atoms with E-state index in [9.17, 15) is 0 Å². The van der Waals surface area contributed by atoms with Crippen molar-refractivity contribution in [2.24, 2.45) is 0 Å². The highest BCUT2D eigenvalue weighted by molar-refractivity contribution is 5.65. The Hall–Kier alpha value is -3.15. The second-order valence-electron chi connectivity index (χ2n) is 6.33. The van der Waals surface area contributed by atoms with Crippen LogP contribution in [0.4, 0.5) is 28.8 Å². The Kier molecular flexibility index (Phi) is 5.86. The second kappa shape index (κ2) is 8.49. The van der Waals surface area contributed by atoms with E-state index in [4.69, 9.17) is 0 Å². The van der Waals surface area contributed by atoms with Gasteiger partial charge < -0.3 is 15.1 Å². The number of aryl methyl sites for hydroxylation is 1. The molecule has 27 heavy (non-hydrogen) atoms. The minimum absolute atomic E-state index is 0.481. The van der Waals surface area contributed by atoms with Crippen molar-refractivity contribution in [2.75, 3.05) is 35.3 Å². The molecule has 1 heterocycles. The van der Waals surface area contributed by atoms with E-state index < -0.39 is 0 Å². The molecular weight excluding hydrogens is 336 g/mol. The molecule has 0 saturated heterocycles. The predicted molar refractivity (Wildman–Crippen MR) is 112 cm³/mol. The van der Waals surface area contributed by atoms with Gasteiger partial charge in [0.25, 0.3) is 0 Å². The van der Waals surface area contributed by atoms with Crippen molar-refractivity contribution in [2.45, 2.75) is 20.8 Å². The molecule has 0 aliphatic rings. The van der Waals surface area contributed by atoms with E-state index in [2.05, 4.69) is 64.4 Å². The molecule has 2 aromatic carbocycles. The van der Waals surface area contributed by atoms with Crippen LogP contribution in [0, 0.1) is 6.92 Å². The zero-order valence-electron chi connectivity index (χ0n) is 16.3. The number of nitrogens with zero attached hydrogens (tertiary/aromatic N) is 5. The van der Waals surface area contributed by atoms with E-state index in [1.165, 1.54) is 5.69 Å². The first kappa shape index (κ1) is 18.6. The quantitative estimate of drug-likeness (QED) is 0.666. The third-order valence-electron chi connectivity index (χ3n) is 4.62. The van der Waals surface area contributed by atoms with Crippen molar-refractivity contribution in [3.63, 3.8) is 0 Å². The van der Waals surface area contributed by atoms with Gasteiger partial charge in [-0.25, -0.2) is 0 Å². The van der Waals surface area contributed by atoms with Crippen LogP contribution in [0.2, 0.25) is 0 Å².